The number of aliphatic hydroxyl groups excluding tert-OH is 1. The lowest BCUT2D eigenvalue weighted by Crippen LogP contribution is -2.40. The maximum absolute atomic E-state index is 11.6. The highest BCUT2D eigenvalue weighted by molar-refractivity contribution is 5.86. The van der Waals surface area contributed by atoms with Crippen molar-refractivity contribution in [1.29, 1.82) is 0 Å². The molecule has 1 aromatic rings. The molecular weight excluding hydrogens is 230 g/mol. The van der Waals surface area contributed by atoms with E-state index in [0.717, 1.165) is 12.0 Å². The molecule has 0 aliphatic heterocycles. The van der Waals surface area contributed by atoms with Crippen LogP contribution < -0.4 is 0 Å². The second-order valence-corrected chi connectivity index (χ2v) is 4.02. The lowest BCUT2D eigenvalue weighted by atomic mass is 10.1. The Morgan fingerprint density at radius 3 is 2.61 bits per heavy atom. The van der Waals surface area contributed by atoms with Crippen molar-refractivity contribution in [2.24, 2.45) is 0 Å². The number of nitrogens with zero attached hydrogens (tertiary/aromatic N) is 1. The van der Waals surface area contributed by atoms with Crippen molar-refractivity contribution in [3.8, 4) is 0 Å². The molecule has 0 aliphatic carbocycles. The van der Waals surface area contributed by atoms with Crippen LogP contribution >= 0.6 is 0 Å². The van der Waals surface area contributed by atoms with E-state index in [1.54, 1.807) is 6.08 Å². The highest BCUT2D eigenvalue weighted by Gasteiger charge is 2.19. The molecule has 0 bridgehead atoms. The van der Waals surface area contributed by atoms with E-state index in [1.165, 1.54) is 6.08 Å². The molecule has 1 rings (SSSR count). The van der Waals surface area contributed by atoms with Gasteiger partial charge >= 0.3 is 0 Å². The minimum atomic E-state index is -0.624. The standard InChI is InChI=1S/C14H19NO3/c1-2-3-9-14(17)15(18)13(11-16)10-12-7-5-4-6-8-12/h3-9,13,16,18H,2,10-11H2,1H3/b9-3+/t13-/m0/s1. The van der Waals surface area contributed by atoms with Crippen molar-refractivity contribution in [3.63, 3.8) is 0 Å². The summed E-state index contributed by atoms with van der Waals surface area (Å²) in [5.74, 6) is -0.508. The fraction of sp³-hybridized carbons (Fsp3) is 0.357. The molecule has 1 aromatic carbocycles. The Morgan fingerprint density at radius 1 is 1.39 bits per heavy atom. The number of amides is 1. The molecular formula is C14H19NO3. The Balaban J connectivity index is 2.65. The third-order valence-electron chi connectivity index (χ3n) is 2.59. The first-order chi connectivity index (χ1) is 8.69. The van der Waals surface area contributed by atoms with Gasteiger partial charge < -0.3 is 5.11 Å². The Bertz CT molecular complexity index is 389. The molecule has 0 spiro atoms. The van der Waals surface area contributed by atoms with Gasteiger partial charge in [0.05, 0.1) is 12.6 Å². The molecule has 1 atom stereocenters. The summed E-state index contributed by atoms with van der Waals surface area (Å²) in [6.07, 6.45) is 4.12. The Labute approximate surface area is 107 Å². The van der Waals surface area contributed by atoms with Crippen LogP contribution in [0.15, 0.2) is 42.5 Å². The summed E-state index contributed by atoms with van der Waals surface area (Å²) in [5, 5.41) is 19.6. The Morgan fingerprint density at radius 2 is 2.06 bits per heavy atom. The molecule has 0 fully saturated rings. The molecule has 0 heterocycles. The predicted octanol–water partition coefficient (Wildman–Crippen LogP) is 1.77. The maximum Gasteiger partial charge on any atom is 0.269 e. The minimum absolute atomic E-state index is 0.281. The van der Waals surface area contributed by atoms with Crippen LogP contribution in [0.3, 0.4) is 0 Å². The first-order valence-electron chi connectivity index (χ1n) is 6.02. The smallest absolute Gasteiger partial charge is 0.269 e. The van der Waals surface area contributed by atoms with E-state index in [1.807, 2.05) is 37.3 Å². The van der Waals surface area contributed by atoms with Crippen molar-refractivity contribution in [2.75, 3.05) is 6.61 Å². The lowest BCUT2D eigenvalue weighted by molar-refractivity contribution is -0.173. The van der Waals surface area contributed by atoms with Gasteiger partial charge in [-0.25, -0.2) is 5.06 Å². The molecule has 18 heavy (non-hydrogen) atoms. The second kappa shape index (κ2) is 7.63. The van der Waals surface area contributed by atoms with Crippen LogP contribution in [0, 0.1) is 0 Å². The number of allylic oxidation sites excluding steroid dienone is 1. The van der Waals surface area contributed by atoms with Crippen LogP contribution in [-0.4, -0.2) is 33.9 Å². The van der Waals surface area contributed by atoms with Gasteiger partial charge in [0.2, 0.25) is 0 Å². The molecule has 0 aliphatic rings. The minimum Gasteiger partial charge on any atom is -0.394 e. The number of rotatable bonds is 6. The fourth-order valence-electron chi connectivity index (χ4n) is 1.59. The van der Waals surface area contributed by atoms with Gasteiger partial charge in [-0.2, -0.15) is 0 Å². The third-order valence-corrected chi connectivity index (χ3v) is 2.59. The molecule has 0 radical (unpaired) electrons. The maximum atomic E-state index is 11.6. The van der Waals surface area contributed by atoms with E-state index in [4.69, 9.17) is 0 Å². The number of benzene rings is 1. The Hall–Kier alpha value is -1.65. The average molecular weight is 249 g/mol. The van der Waals surface area contributed by atoms with Crippen molar-refractivity contribution in [2.45, 2.75) is 25.8 Å². The monoisotopic (exact) mass is 249 g/mol. The van der Waals surface area contributed by atoms with E-state index < -0.39 is 11.9 Å². The van der Waals surface area contributed by atoms with Crippen molar-refractivity contribution >= 4 is 5.91 Å². The topological polar surface area (TPSA) is 60.8 Å². The molecule has 1 amide bonds. The van der Waals surface area contributed by atoms with E-state index in [9.17, 15) is 15.1 Å². The zero-order valence-corrected chi connectivity index (χ0v) is 10.5. The summed E-state index contributed by atoms with van der Waals surface area (Å²) in [7, 11) is 0. The zero-order chi connectivity index (χ0) is 13.4. The van der Waals surface area contributed by atoms with Gasteiger partial charge in [-0.05, 0) is 18.4 Å². The normalized spacial score (nSPS) is 12.6. The van der Waals surface area contributed by atoms with E-state index in [2.05, 4.69) is 0 Å². The number of hydrogen-bond donors (Lipinski definition) is 2. The first kappa shape index (κ1) is 14.4. The molecule has 0 aromatic heterocycles. The Kier molecular flexibility index (Phi) is 6.11. The van der Waals surface area contributed by atoms with Gasteiger partial charge in [0.1, 0.15) is 0 Å². The first-order valence-corrected chi connectivity index (χ1v) is 6.02. The van der Waals surface area contributed by atoms with Gasteiger partial charge in [0.15, 0.2) is 0 Å². The number of hydrogen-bond acceptors (Lipinski definition) is 3. The largest absolute Gasteiger partial charge is 0.394 e. The van der Waals surface area contributed by atoms with Crippen LogP contribution in [0.4, 0.5) is 0 Å². The predicted molar refractivity (Wildman–Crippen MR) is 69.1 cm³/mol. The van der Waals surface area contributed by atoms with Gasteiger partial charge in [-0.1, -0.05) is 43.3 Å². The summed E-state index contributed by atoms with van der Waals surface area (Å²) in [6.45, 7) is 1.62. The van der Waals surface area contributed by atoms with Gasteiger partial charge in [-0.3, -0.25) is 10.0 Å². The molecule has 0 unspecified atom stereocenters. The summed E-state index contributed by atoms with van der Waals surface area (Å²) in [5.41, 5.74) is 0.961. The summed E-state index contributed by atoms with van der Waals surface area (Å²) >= 11 is 0. The molecule has 0 saturated heterocycles. The van der Waals surface area contributed by atoms with Crippen LogP contribution in [-0.2, 0) is 11.2 Å². The second-order valence-electron chi connectivity index (χ2n) is 4.02. The lowest BCUT2D eigenvalue weighted by Gasteiger charge is -2.23. The molecule has 0 saturated carbocycles. The number of carbonyl (C=O) groups is 1. The number of hydroxylamine groups is 2. The highest BCUT2D eigenvalue weighted by Crippen LogP contribution is 2.08. The SMILES string of the molecule is CC/C=C/C(=O)N(O)[C@H](CO)Cc1ccccc1. The third kappa shape index (κ3) is 4.31. The zero-order valence-electron chi connectivity index (χ0n) is 10.5. The average Bonchev–Trinajstić information content (AvgIpc) is 2.42. The molecule has 4 nitrogen and oxygen atoms in total. The van der Waals surface area contributed by atoms with Gasteiger partial charge in [-0.15, -0.1) is 0 Å². The number of carbonyl (C=O) groups excluding carboxylic acids is 1. The van der Waals surface area contributed by atoms with Crippen molar-refractivity contribution < 1.29 is 15.1 Å². The quantitative estimate of drug-likeness (QED) is 0.459. The van der Waals surface area contributed by atoms with Gasteiger partial charge in [0.25, 0.3) is 5.91 Å². The van der Waals surface area contributed by atoms with Crippen LogP contribution in [0.25, 0.3) is 0 Å². The van der Waals surface area contributed by atoms with Crippen LogP contribution in [0.2, 0.25) is 0 Å². The molecule has 4 heteroatoms. The van der Waals surface area contributed by atoms with E-state index >= 15 is 0 Å². The summed E-state index contributed by atoms with van der Waals surface area (Å²) < 4.78 is 0. The fourth-order valence-corrected chi connectivity index (χ4v) is 1.59. The number of aliphatic hydroxyl groups is 1. The van der Waals surface area contributed by atoms with Crippen LogP contribution in [0.1, 0.15) is 18.9 Å². The van der Waals surface area contributed by atoms with E-state index in [-0.39, 0.29) is 6.61 Å². The highest BCUT2D eigenvalue weighted by atomic mass is 16.5. The van der Waals surface area contributed by atoms with E-state index in [0.29, 0.717) is 11.5 Å². The van der Waals surface area contributed by atoms with Crippen molar-refractivity contribution in [3.05, 3.63) is 48.0 Å². The van der Waals surface area contributed by atoms with Crippen LogP contribution in [0.5, 0.6) is 0 Å². The summed E-state index contributed by atoms with van der Waals surface area (Å²) in [4.78, 5) is 11.6. The van der Waals surface area contributed by atoms with Gasteiger partial charge in [0, 0.05) is 6.08 Å². The summed E-state index contributed by atoms with van der Waals surface area (Å²) in [6, 6.07) is 8.81. The molecule has 98 valence electrons. The molecule has 2 N–H and O–H groups in total. The van der Waals surface area contributed by atoms with Crippen molar-refractivity contribution in [1.82, 2.24) is 5.06 Å².